The molecule has 0 aliphatic carbocycles. The Morgan fingerprint density at radius 1 is 1.53 bits per heavy atom. The van der Waals surface area contributed by atoms with Crippen LogP contribution in [0.3, 0.4) is 0 Å². The average Bonchev–Trinajstić information content (AvgIpc) is 2.20. The van der Waals surface area contributed by atoms with Crippen LogP contribution in [0.4, 0.5) is 0 Å². The van der Waals surface area contributed by atoms with E-state index in [-0.39, 0.29) is 23.3 Å². The Hall–Kier alpha value is -0.610. The van der Waals surface area contributed by atoms with Crippen molar-refractivity contribution in [2.45, 2.75) is 52.7 Å². The minimum Gasteiger partial charge on any atom is -0.391 e. The molecule has 100 valence electrons. The molecule has 0 radical (unpaired) electrons. The smallest absolute Gasteiger partial charge is 0.224 e. The molecule has 1 amide bonds. The zero-order chi connectivity index (χ0) is 13.2. The van der Waals surface area contributed by atoms with Gasteiger partial charge < -0.3 is 15.7 Å². The lowest BCUT2D eigenvalue weighted by Gasteiger charge is -2.36. The van der Waals surface area contributed by atoms with Gasteiger partial charge in [-0.25, -0.2) is 0 Å². The van der Waals surface area contributed by atoms with Crippen molar-refractivity contribution in [3.63, 3.8) is 0 Å². The number of carbonyl (C=O) groups excluding carboxylic acids is 1. The molecular weight excluding hydrogens is 216 g/mol. The normalized spacial score (nSPS) is 28.0. The number of nitrogens with zero attached hydrogens (tertiary/aromatic N) is 1. The number of hydrogen-bond donors (Lipinski definition) is 2. The third kappa shape index (κ3) is 3.96. The van der Waals surface area contributed by atoms with Gasteiger partial charge in [-0.1, -0.05) is 27.7 Å². The van der Waals surface area contributed by atoms with Crippen LogP contribution in [-0.2, 0) is 4.79 Å². The lowest BCUT2D eigenvalue weighted by molar-refractivity contribution is -0.136. The molecule has 1 aliphatic heterocycles. The number of carbonyl (C=O) groups is 1. The van der Waals surface area contributed by atoms with E-state index in [0.717, 1.165) is 13.0 Å². The first-order valence-electron chi connectivity index (χ1n) is 6.43. The molecule has 1 fully saturated rings. The second kappa shape index (κ2) is 5.36. The fourth-order valence-corrected chi connectivity index (χ4v) is 1.90. The molecule has 0 bridgehead atoms. The van der Waals surface area contributed by atoms with Gasteiger partial charge in [-0.15, -0.1) is 0 Å². The van der Waals surface area contributed by atoms with E-state index >= 15 is 0 Å². The molecule has 0 saturated carbocycles. The van der Waals surface area contributed by atoms with Gasteiger partial charge in [0.1, 0.15) is 0 Å². The maximum absolute atomic E-state index is 12.0. The highest BCUT2D eigenvalue weighted by molar-refractivity contribution is 5.77. The zero-order valence-corrected chi connectivity index (χ0v) is 11.4. The average molecular weight is 242 g/mol. The van der Waals surface area contributed by atoms with E-state index in [1.807, 2.05) is 27.7 Å². The monoisotopic (exact) mass is 242 g/mol. The fraction of sp³-hybridized carbons (Fsp3) is 0.923. The molecule has 3 N–H and O–H groups in total. The maximum atomic E-state index is 12.0. The predicted octanol–water partition coefficient (Wildman–Crippen LogP) is 0.979. The lowest BCUT2D eigenvalue weighted by atomic mass is 9.85. The van der Waals surface area contributed by atoms with Crippen molar-refractivity contribution in [1.29, 1.82) is 0 Å². The van der Waals surface area contributed by atoms with Gasteiger partial charge in [0.15, 0.2) is 0 Å². The Bertz CT molecular complexity index is 273. The number of β-amino-alcohol motifs (C(OH)–C–C–N with tert-alkyl or cyclic N) is 1. The standard InChI is InChI=1S/C13H26N2O2/c1-9-5-6-15(8-10(9)16)12(17)7-11(14)13(2,3)4/h9-11,16H,5-8,14H2,1-4H3. The molecule has 1 heterocycles. The number of rotatable bonds is 2. The fourth-order valence-electron chi connectivity index (χ4n) is 1.90. The van der Waals surface area contributed by atoms with Crippen molar-refractivity contribution in [2.75, 3.05) is 13.1 Å². The summed E-state index contributed by atoms with van der Waals surface area (Å²) in [5.41, 5.74) is 5.95. The van der Waals surface area contributed by atoms with Gasteiger partial charge in [0.25, 0.3) is 0 Å². The summed E-state index contributed by atoms with van der Waals surface area (Å²) in [6.07, 6.45) is 0.848. The summed E-state index contributed by atoms with van der Waals surface area (Å²) >= 11 is 0. The number of piperidine rings is 1. The van der Waals surface area contributed by atoms with Crippen molar-refractivity contribution >= 4 is 5.91 Å². The molecule has 3 atom stereocenters. The van der Waals surface area contributed by atoms with Crippen LogP contribution in [0.1, 0.15) is 40.5 Å². The van der Waals surface area contributed by atoms with Gasteiger partial charge in [-0.05, 0) is 17.8 Å². The topological polar surface area (TPSA) is 66.6 Å². The largest absolute Gasteiger partial charge is 0.391 e. The molecule has 1 rings (SSSR count). The van der Waals surface area contributed by atoms with E-state index in [1.54, 1.807) is 4.90 Å². The van der Waals surface area contributed by atoms with Crippen molar-refractivity contribution in [3.8, 4) is 0 Å². The van der Waals surface area contributed by atoms with Crippen molar-refractivity contribution in [2.24, 2.45) is 17.1 Å². The minimum atomic E-state index is -0.390. The number of hydrogen-bond acceptors (Lipinski definition) is 3. The first kappa shape index (κ1) is 14.5. The Morgan fingerprint density at radius 3 is 2.59 bits per heavy atom. The van der Waals surface area contributed by atoms with Gasteiger partial charge in [-0.3, -0.25) is 4.79 Å². The first-order valence-corrected chi connectivity index (χ1v) is 6.43. The van der Waals surface area contributed by atoms with Crippen molar-refractivity contribution < 1.29 is 9.90 Å². The Morgan fingerprint density at radius 2 is 2.12 bits per heavy atom. The van der Waals surface area contributed by atoms with Crippen LogP contribution in [0.2, 0.25) is 0 Å². The third-order valence-corrected chi connectivity index (χ3v) is 3.78. The van der Waals surface area contributed by atoms with E-state index in [9.17, 15) is 9.90 Å². The Balaban J connectivity index is 2.49. The predicted molar refractivity (Wildman–Crippen MR) is 68.4 cm³/mol. The highest BCUT2D eigenvalue weighted by Gasteiger charge is 2.30. The Kier molecular flexibility index (Phi) is 4.55. The molecule has 0 aromatic heterocycles. The summed E-state index contributed by atoms with van der Waals surface area (Å²) in [6, 6.07) is -0.133. The van der Waals surface area contributed by atoms with Gasteiger partial charge in [0, 0.05) is 25.6 Å². The summed E-state index contributed by atoms with van der Waals surface area (Å²) in [4.78, 5) is 13.8. The van der Waals surface area contributed by atoms with Gasteiger partial charge in [0.2, 0.25) is 5.91 Å². The molecule has 1 saturated heterocycles. The second-order valence-electron chi connectivity index (χ2n) is 6.35. The van der Waals surface area contributed by atoms with Crippen molar-refractivity contribution in [3.05, 3.63) is 0 Å². The van der Waals surface area contributed by atoms with Crippen LogP contribution in [0.15, 0.2) is 0 Å². The number of nitrogens with two attached hydrogens (primary N) is 1. The number of amides is 1. The zero-order valence-electron chi connectivity index (χ0n) is 11.4. The highest BCUT2D eigenvalue weighted by Crippen LogP contribution is 2.22. The Labute approximate surface area is 104 Å². The van der Waals surface area contributed by atoms with Crippen LogP contribution >= 0.6 is 0 Å². The molecule has 0 spiro atoms. The van der Waals surface area contributed by atoms with Crippen molar-refractivity contribution in [1.82, 2.24) is 4.90 Å². The highest BCUT2D eigenvalue weighted by atomic mass is 16.3. The SMILES string of the molecule is CC1CCN(C(=O)CC(N)C(C)(C)C)CC1O. The minimum absolute atomic E-state index is 0.0582. The van der Waals surface area contributed by atoms with Gasteiger partial charge in [-0.2, -0.15) is 0 Å². The summed E-state index contributed by atoms with van der Waals surface area (Å²) in [6.45, 7) is 9.34. The van der Waals surface area contributed by atoms with Gasteiger partial charge in [0.05, 0.1) is 6.10 Å². The number of aliphatic hydroxyl groups excluding tert-OH is 1. The van der Waals surface area contributed by atoms with Crippen LogP contribution < -0.4 is 5.73 Å². The summed E-state index contributed by atoms with van der Waals surface area (Å²) < 4.78 is 0. The van der Waals surface area contributed by atoms with E-state index in [0.29, 0.717) is 13.0 Å². The summed E-state index contributed by atoms with van der Waals surface area (Å²) in [7, 11) is 0. The van der Waals surface area contributed by atoms with E-state index in [2.05, 4.69) is 0 Å². The molecule has 4 nitrogen and oxygen atoms in total. The summed E-state index contributed by atoms with van der Waals surface area (Å²) in [5, 5.41) is 9.77. The molecule has 0 aromatic carbocycles. The van der Waals surface area contributed by atoms with Crippen LogP contribution in [0, 0.1) is 11.3 Å². The van der Waals surface area contributed by atoms with E-state index in [4.69, 9.17) is 5.73 Å². The second-order valence-corrected chi connectivity index (χ2v) is 6.35. The van der Waals surface area contributed by atoms with E-state index in [1.165, 1.54) is 0 Å². The first-order chi connectivity index (χ1) is 7.71. The van der Waals surface area contributed by atoms with Crippen LogP contribution in [0.5, 0.6) is 0 Å². The van der Waals surface area contributed by atoms with Crippen LogP contribution in [-0.4, -0.2) is 41.1 Å². The molecule has 0 aromatic rings. The lowest BCUT2D eigenvalue weighted by Crippen LogP contribution is -2.48. The van der Waals surface area contributed by atoms with Gasteiger partial charge >= 0.3 is 0 Å². The molecular formula is C13H26N2O2. The molecule has 17 heavy (non-hydrogen) atoms. The third-order valence-electron chi connectivity index (χ3n) is 3.78. The summed E-state index contributed by atoms with van der Waals surface area (Å²) in [5.74, 6) is 0.355. The van der Waals surface area contributed by atoms with Crippen LogP contribution in [0.25, 0.3) is 0 Å². The number of likely N-dealkylation sites (tertiary alicyclic amines) is 1. The molecule has 3 unspecified atom stereocenters. The maximum Gasteiger partial charge on any atom is 0.224 e. The number of aliphatic hydroxyl groups is 1. The quantitative estimate of drug-likeness (QED) is 0.758. The molecule has 1 aliphatic rings. The van der Waals surface area contributed by atoms with E-state index < -0.39 is 6.10 Å². The molecule has 4 heteroatoms.